The van der Waals surface area contributed by atoms with Gasteiger partial charge in [-0.05, 0) is 42.2 Å². The van der Waals surface area contributed by atoms with Crippen LogP contribution in [0, 0.1) is 5.92 Å². The second-order valence-electron chi connectivity index (χ2n) is 7.03. The Labute approximate surface area is 199 Å². The molecule has 1 amide bonds. The van der Waals surface area contributed by atoms with Crippen molar-refractivity contribution in [1.82, 2.24) is 10.2 Å². The number of aliphatic imine (C=N–C) groups is 1. The first-order valence-corrected chi connectivity index (χ1v) is 10.8. The molecular formula is C22H29IN4O2S. The van der Waals surface area contributed by atoms with E-state index in [4.69, 9.17) is 10.5 Å². The summed E-state index contributed by atoms with van der Waals surface area (Å²) in [5, 5.41) is 3.44. The van der Waals surface area contributed by atoms with E-state index >= 15 is 0 Å². The smallest absolute Gasteiger partial charge is 0.255 e. The van der Waals surface area contributed by atoms with Crippen LogP contribution < -0.4 is 15.8 Å². The zero-order chi connectivity index (χ0) is 20.5. The predicted molar refractivity (Wildman–Crippen MR) is 134 cm³/mol. The number of nitrogens with one attached hydrogen (secondary N) is 1. The number of nitrogens with two attached hydrogens (primary N) is 1. The molecule has 1 saturated heterocycles. The number of benzene rings is 2. The minimum atomic E-state index is -0.483. The maximum atomic E-state index is 10.9. The van der Waals surface area contributed by atoms with Crippen LogP contribution in [0.5, 0.6) is 5.75 Å². The summed E-state index contributed by atoms with van der Waals surface area (Å²) in [5.74, 6) is 2.85. The third-order valence-electron chi connectivity index (χ3n) is 4.76. The molecular weight excluding hydrogens is 511 g/mol. The van der Waals surface area contributed by atoms with Gasteiger partial charge in [0.15, 0.2) is 12.6 Å². The number of halogens is 1. The van der Waals surface area contributed by atoms with Gasteiger partial charge in [0, 0.05) is 37.3 Å². The molecule has 0 bridgehead atoms. The monoisotopic (exact) mass is 540 g/mol. The number of hydrogen-bond donors (Lipinski definition) is 2. The van der Waals surface area contributed by atoms with Gasteiger partial charge in [-0.25, -0.2) is 0 Å². The number of primary amides is 1. The van der Waals surface area contributed by atoms with E-state index in [1.165, 1.54) is 11.3 Å². The van der Waals surface area contributed by atoms with E-state index in [-0.39, 0.29) is 30.6 Å². The Kier molecular flexibility index (Phi) is 10.3. The summed E-state index contributed by atoms with van der Waals surface area (Å²) in [7, 11) is 1.82. The first kappa shape index (κ1) is 24.3. The molecule has 1 aliphatic heterocycles. The first-order valence-electron chi connectivity index (χ1n) is 9.77. The van der Waals surface area contributed by atoms with Crippen LogP contribution in [-0.2, 0) is 11.3 Å². The molecule has 2 aromatic carbocycles. The highest BCUT2D eigenvalue weighted by molar-refractivity contribution is 14.0. The van der Waals surface area contributed by atoms with Crippen LogP contribution in [0.3, 0.4) is 0 Å². The lowest BCUT2D eigenvalue weighted by Crippen LogP contribution is -2.39. The van der Waals surface area contributed by atoms with Crippen LogP contribution >= 0.6 is 35.7 Å². The van der Waals surface area contributed by atoms with Gasteiger partial charge in [0.25, 0.3) is 5.91 Å². The van der Waals surface area contributed by atoms with E-state index in [1.807, 2.05) is 43.1 Å². The first-order chi connectivity index (χ1) is 14.1. The fraction of sp³-hybridized carbons (Fsp3) is 0.364. The molecule has 2 aromatic rings. The van der Waals surface area contributed by atoms with Crippen molar-refractivity contribution in [3.63, 3.8) is 0 Å². The number of amides is 1. The number of guanidine groups is 1. The van der Waals surface area contributed by atoms with Crippen molar-refractivity contribution in [3.8, 4) is 5.75 Å². The molecule has 3 N–H and O–H groups in total. The third kappa shape index (κ3) is 7.71. The predicted octanol–water partition coefficient (Wildman–Crippen LogP) is 3.36. The second-order valence-corrected chi connectivity index (χ2v) is 8.12. The third-order valence-corrected chi connectivity index (χ3v) is 6.00. The molecule has 0 aromatic heterocycles. The van der Waals surface area contributed by atoms with Crippen LogP contribution in [0.4, 0.5) is 0 Å². The van der Waals surface area contributed by atoms with E-state index in [9.17, 15) is 4.79 Å². The topological polar surface area (TPSA) is 80.0 Å². The van der Waals surface area contributed by atoms with Gasteiger partial charge in [-0.3, -0.25) is 9.79 Å². The molecule has 1 atom stereocenters. The van der Waals surface area contributed by atoms with E-state index < -0.39 is 5.91 Å². The molecule has 0 saturated carbocycles. The van der Waals surface area contributed by atoms with Crippen molar-refractivity contribution in [3.05, 3.63) is 60.2 Å². The zero-order valence-electron chi connectivity index (χ0n) is 17.1. The van der Waals surface area contributed by atoms with E-state index in [1.54, 1.807) is 0 Å². The molecule has 1 unspecified atom stereocenters. The van der Waals surface area contributed by atoms with Gasteiger partial charge in [0.05, 0.1) is 0 Å². The lowest BCUT2D eigenvalue weighted by atomic mass is 10.2. The molecule has 0 spiro atoms. The quantitative estimate of drug-likeness (QED) is 0.233. The second kappa shape index (κ2) is 12.7. The number of carbonyl (C=O) groups excluding carboxylic acids is 1. The Balaban J connectivity index is 0.00000320. The molecule has 6 nitrogen and oxygen atoms in total. The molecule has 3 rings (SSSR count). The maximum absolute atomic E-state index is 10.9. The molecule has 1 heterocycles. The lowest BCUT2D eigenvalue weighted by molar-refractivity contribution is -0.119. The number of rotatable bonds is 8. The number of likely N-dealkylation sites (tertiary alicyclic amines) is 1. The number of nitrogens with zero attached hydrogens (tertiary/aromatic N) is 2. The fourth-order valence-corrected chi connectivity index (χ4v) is 4.35. The highest BCUT2D eigenvalue weighted by atomic mass is 127. The van der Waals surface area contributed by atoms with Crippen molar-refractivity contribution in [2.75, 3.05) is 32.5 Å². The molecule has 8 heteroatoms. The minimum Gasteiger partial charge on any atom is -0.484 e. The normalized spacial score (nSPS) is 16.1. The molecule has 162 valence electrons. The lowest BCUT2D eigenvalue weighted by Gasteiger charge is -2.22. The Bertz CT molecular complexity index is 835. The molecule has 1 fully saturated rings. The van der Waals surface area contributed by atoms with Gasteiger partial charge in [-0.1, -0.05) is 30.3 Å². The summed E-state index contributed by atoms with van der Waals surface area (Å²) < 4.78 is 5.37. The standard InChI is InChI=1S/C22H28N4O2S.HI/c1-24-22(25-13-17-6-5-7-19(12-17)28-15-21(23)27)26-11-10-18(14-26)16-29-20-8-3-2-4-9-20;/h2-9,12,18H,10-11,13-16H2,1H3,(H2,23,27)(H,24,25);1H. The van der Waals surface area contributed by atoms with Crippen LogP contribution in [0.15, 0.2) is 64.5 Å². The van der Waals surface area contributed by atoms with Crippen molar-refractivity contribution < 1.29 is 9.53 Å². The number of hydrogen-bond acceptors (Lipinski definition) is 4. The Hall–Kier alpha value is -1.94. The number of carbonyl (C=O) groups is 1. The Morgan fingerprint density at radius 1 is 1.27 bits per heavy atom. The van der Waals surface area contributed by atoms with Crippen LogP contribution in [-0.4, -0.2) is 49.3 Å². The van der Waals surface area contributed by atoms with Crippen molar-refractivity contribution in [2.45, 2.75) is 17.9 Å². The Morgan fingerprint density at radius 2 is 2.07 bits per heavy atom. The van der Waals surface area contributed by atoms with Gasteiger partial charge >= 0.3 is 0 Å². The van der Waals surface area contributed by atoms with Crippen molar-refractivity contribution >= 4 is 47.6 Å². The average Bonchev–Trinajstić information content (AvgIpc) is 3.21. The van der Waals surface area contributed by atoms with E-state index in [0.717, 1.165) is 30.4 Å². The van der Waals surface area contributed by atoms with Gasteiger partial charge in [0.1, 0.15) is 5.75 Å². The van der Waals surface area contributed by atoms with Gasteiger partial charge in [-0.15, -0.1) is 35.7 Å². The molecule has 0 radical (unpaired) electrons. The van der Waals surface area contributed by atoms with Crippen molar-refractivity contribution in [2.24, 2.45) is 16.6 Å². The van der Waals surface area contributed by atoms with E-state index in [0.29, 0.717) is 18.2 Å². The van der Waals surface area contributed by atoms with Gasteiger partial charge in [0.2, 0.25) is 0 Å². The number of thioether (sulfide) groups is 1. The van der Waals surface area contributed by atoms with Gasteiger partial charge < -0.3 is 20.7 Å². The summed E-state index contributed by atoms with van der Waals surface area (Å²) in [4.78, 5) is 19.0. The van der Waals surface area contributed by atoms with Crippen molar-refractivity contribution in [1.29, 1.82) is 0 Å². The van der Waals surface area contributed by atoms with Crippen LogP contribution in [0.25, 0.3) is 0 Å². The zero-order valence-corrected chi connectivity index (χ0v) is 20.3. The number of ether oxygens (including phenoxy) is 1. The molecule has 1 aliphatic rings. The summed E-state index contributed by atoms with van der Waals surface area (Å²) in [6.45, 7) is 2.55. The maximum Gasteiger partial charge on any atom is 0.255 e. The highest BCUT2D eigenvalue weighted by Crippen LogP contribution is 2.26. The SMILES string of the molecule is CN=C(NCc1cccc(OCC(N)=O)c1)N1CCC(CSc2ccccc2)C1.I. The van der Waals surface area contributed by atoms with Gasteiger partial charge in [-0.2, -0.15) is 0 Å². The Morgan fingerprint density at radius 3 is 2.80 bits per heavy atom. The average molecular weight is 540 g/mol. The van der Waals surface area contributed by atoms with Crippen LogP contribution in [0.1, 0.15) is 12.0 Å². The molecule has 0 aliphatic carbocycles. The largest absolute Gasteiger partial charge is 0.484 e. The summed E-state index contributed by atoms with van der Waals surface area (Å²) in [5.41, 5.74) is 6.19. The van der Waals surface area contributed by atoms with Crippen LogP contribution in [0.2, 0.25) is 0 Å². The summed E-state index contributed by atoms with van der Waals surface area (Å²) in [6, 6.07) is 18.2. The van der Waals surface area contributed by atoms with E-state index in [2.05, 4.69) is 45.5 Å². The highest BCUT2D eigenvalue weighted by Gasteiger charge is 2.24. The fourth-order valence-electron chi connectivity index (χ4n) is 3.30. The minimum absolute atomic E-state index is 0. The summed E-state index contributed by atoms with van der Waals surface area (Å²) >= 11 is 1.92. The summed E-state index contributed by atoms with van der Waals surface area (Å²) in [6.07, 6.45) is 1.18. The molecule has 30 heavy (non-hydrogen) atoms.